The van der Waals surface area contributed by atoms with Crippen molar-refractivity contribution in [1.82, 2.24) is 15.1 Å². The van der Waals surface area contributed by atoms with Gasteiger partial charge in [0.2, 0.25) is 5.91 Å². The van der Waals surface area contributed by atoms with Gasteiger partial charge in [0.25, 0.3) is 0 Å². The van der Waals surface area contributed by atoms with Crippen molar-refractivity contribution in [2.24, 2.45) is 5.73 Å². The first-order valence-corrected chi connectivity index (χ1v) is 8.01. The molecule has 1 amide bonds. The highest BCUT2D eigenvalue weighted by atomic mass is 19.1. The third kappa shape index (κ3) is 3.63. The van der Waals surface area contributed by atoms with Crippen LogP contribution in [0.15, 0.2) is 30.5 Å². The smallest absolute Gasteiger partial charge is 0.249 e. The Morgan fingerprint density at radius 3 is 2.83 bits per heavy atom. The number of carbonyl (C=O) groups excluding carboxylic acids is 1. The summed E-state index contributed by atoms with van der Waals surface area (Å²) in [5.74, 6) is -0.414. The fourth-order valence-corrected chi connectivity index (χ4v) is 2.76. The van der Waals surface area contributed by atoms with Crippen molar-refractivity contribution in [2.75, 3.05) is 6.54 Å². The zero-order chi connectivity index (χ0) is 17.1. The Labute approximate surface area is 139 Å². The van der Waals surface area contributed by atoms with Crippen LogP contribution in [0.3, 0.4) is 0 Å². The molecule has 2 aromatic rings. The van der Waals surface area contributed by atoms with E-state index < -0.39 is 6.10 Å². The normalized spacial score (nSPS) is 20.3. The SMILES string of the molecule is Cc1nn(-c2ccc(F)cc2)cc1CNC(=O)[C@@H]1CC[C@H](CN)O1. The van der Waals surface area contributed by atoms with Gasteiger partial charge in [-0.25, -0.2) is 9.07 Å². The lowest BCUT2D eigenvalue weighted by atomic mass is 10.2. The van der Waals surface area contributed by atoms with E-state index in [-0.39, 0.29) is 17.8 Å². The lowest BCUT2D eigenvalue weighted by molar-refractivity contribution is -0.132. The monoisotopic (exact) mass is 332 g/mol. The molecule has 24 heavy (non-hydrogen) atoms. The molecule has 0 bridgehead atoms. The largest absolute Gasteiger partial charge is 0.364 e. The third-order valence-corrected chi connectivity index (χ3v) is 4.21. The maximum Gasteiger partial charge on any atom is 0.249 e. The van der Waals surface area contributed by atoms with Crippen LogP contribution in [0.1, 0.15) is 24.1 Å². The Balaban J connectivity index is 1.62. The van der Waals surface area contributed by atoms with Crippen LogP contribution in [0, 0.1) is 12.7 Å². The molecule has 0 spiro atoms. The molecule has 0 saturated carbocycles. The van der Waals surface area contributed by atoms with Gasteiger partial charge in [-0.2, -0.15) is 5.10 Å². The Kier molecular flexibility index (Phi) is 4.92. The highest BCUT2D eigenvalue weighted by molar-refractivity contribution is 5.81. The number of aryl methyl sites for hydroxylation is 1. The first-order valence-electron chi connectivity index (χ1n) is 8.01. The number of nitrogens with one attached hydrogen (secondary N) is 1. The molecule has 3 rings (SSSR count). The second-order valence-electron chi connectivity index (χ2n) is 5.94. The van der Waals surface area contributed by atoms with Crippen LogP contribution in [0.4, 0.5) is 4.39 Å². The number of hydrogen-bond acceptors (Lipinski definition) is 4. The maximum atomic E-state index is 13.0. The van der Waals surface area contributed by atoms with Gasteiger partial charge in [0.05, 0.1) is 17.5 Å². The van der Waals surface area contributed by atoms with E-state index in [1.807, 2.05) is 13.1 Å². The van der Waals surface area contributed by atoms with Crippen LogP contribution in [0.2, 0.25) is 0 Å². The average Bonchev–Trinajstić information content (AvgIpc) is 3.20. The quantitative estimate of drug-likeness (QED) is 0.868. The summed E-state index contributed by atoms with van der Waals surface area (Å²) in [7, 11) is 0. The Morgan fingerprint density at radius 2 is 2.17 bits per heavy atom. The lowest BCUT2D eigenvalue weighted by Gasteiger charge is -2.12. The van der Waals surface area contributed by atoms with Crippen molar-refractivity contribution in [2.45, 2.75) is 38.5 Å². The highest BCUT2D eigenvalue weighted by Gasteiger charge is 2.29. The number of carbonyl (C=O) groups is 1. The minimum absolute atomic E-state index is 0.0243. The van der Waals surface area contributed by atoms with Crippen LogP contribution in [-0.2, 0) is 16.1 Å². The van der Waals surface area contributed by atoms with Gasteiger partial charge in [-0.1, -0.05) is 0 Å². The Morgan fingerprint density at radius 1 is 1.42 bits per heavy atom. The van der Waals surface area contributed by atoms with E-state index in [0.717, 1.165) is 23.4 Å². The van der Waals surface area contributed by atoms with Crippen LogP contribution < -0.4 is 11.1 Å². The molecule has 128 valence electrons. The summed E-state index contributed by atoms with van der Waals surface area (Å²) in [6.45, 7) is 2.68. The molecule has 3 N–H and O–H groups in total. The van der Waals surface area contributed by atoms with E-state index in [1.165, 1.54) is 12.1 Å². The van der Waals surface area contributed by atoms with E-state index >= 15 is 0 Å². The molecule has 1 fully saturated rings. The number of nitrogens with two attached hydrogens (primary N) is 1. The second-order valence-corrected chi connectivity index (χ2v) is 5.94. The maximum absolute atomic E-state index is 13.0. The van der Waals surface area contributed by atoms with Crippen LogP contribution in [0.5, 0.6) is 0 Å². The number of halogens is 1. The van der Waals surface area contributed by atoms with Gasteiger partial charge < -0.3 is 15.8 Å². The molecule has 2 heterocycles. The van der Waals surface area contributed by atoms with Gasteiger partial charge in [-0.3, -0.25) is 4.79 Å². The van der Waals surface area contributed by atoms with Gasteiger partial charge in [0, 0.05) is 24.8 Å². The molecular formula is C17H21FN4O2. The van der Waals surface area contributed by atoms with Gasteiger partial charge in [0.15, 0.2) is 0 Å². The number of hydrogen-bond donors (Lipinski definition) is 2. The molecule has 0 unspecified atom stereocenters. The van der Waals surface area contributed by atoms with E-state index in [0.29, 0.717) is 19.5 Å². The summed E-state index contributed by atoms with van der Waals surface area (Å²) in [5, 5.41) is 7.29. The minimum Gasteiger partial charge on any atom is -0.364 e. The standard InChI is InChI=1S/C17H21FN4O2/c1-11-12(9-20-17(23)16-7-6-15(8-19)24-16)10-22(21-11)14-4-2-13(18)3-5-14/h2-5,10,15-16H,6-9,19H2,1H3,(H,20,23)/t15-,16+/m1/s1. The zero-order valence-electron chi connectivity index (χ0n) is 13.5. The van der Waals surface area contributed by atoms with Gasteiger partial charge in [0.1, 0.15) is 11.9 Å². The van der Waals surface area contributed by atoms with Crippen molar-refractivity contribution in [3.63, 3.8) is 0 Å². The molecule has 0 aliphatic carbocycles. The van der Waals surface area contributed by atoms with Crippen molar-refractivity contribution < 1.29 is 13.9 Å². The number of ether oxygens (including phenoxy) is 1. The number of aromatic nitrogens is 2. The first-order chi connectivity index (χ1) is 11.6. The Bertz CT molecular complexity index is 714. The number of benzene rings is 1. The molecule has 0 radical (unpaired) electrons. The molecular weight excluding hydrogens is 311 g/mol. The van der Waals surface area contributed by atoms with E-state index in [1.54, 1.807) is 16.8 Å². The van der Waals surface area contributed by atoms with Gasteiger partial charge in [-0.05, 0) is 44.0 Å². The molecule has 1 aromatic carbocycles. The number of nitrogens with zero attached hydrogens (tertiary/aromatic N) is 2. The highest BCUT2D eigenvalue weighted by Crippen LogP contribution is 2.19. The third-order valence-electron chi connectivity index (χ3n) is 4.21. The topological polar surface area (TPSA) is 82.2 Å². The van der Waals surface area contributed by atoms with E-state index in [2.05, 4.69) is 10.4 Å². The van der Waals surface area contributed by atoms with Gasteiger partial charge >= 0.3 is 0 Å². The molecule has 6 nitrogen and oxygen atoms in total. The van der Waals surface area contributed by atoms with Crippen molar-refractivity contribution in [3.05, 3.63) is 47.5 Å². The fourth-order valence-electron chi connectivity index (χ4n) is 2.76. The number of rotatable bonds is 5. The summed E-state index contributed by atoms with van der Waals surface area (Å²) in [4.78, 5) is 12.2. The first kappa shape index (κ1) is 16.6. The molecule has 2 atom stereocenters. The average molecular weight is 332 g/mol. The van der Waals surface area contributed by atoms with Crippen LogP contribution in [-0.4, -0.2) is 34.4 Å². The van der Waals surface area contributed by atoms with Crippen molar-refractivity contribution in [1.29, 1.82) is 0 Å². The molecule has 1 aliphatic rings. The van der Waals surface area contributed by atoms with Crippen LogP contribution >= 0.6 is 0 Å². The zero-order valence-corrected chi connectivity index (χ0v) is 13.5. The predicted octanol–water partition coefficient (Wildman–Crippen LogP) is 1.44. The van der Waals surface area contributed by atoms with Crippen molar-refractivity contribution >= 4 is 5.91 Å². The van der Waals surface area contributed by atoms with E-state index in [4.69, 9.17) is 10.5 Å². The molecule has 1 saturated heterocycles. The van der Waals surface area contributed by atoms with Gasteiger partial charge in [-0.15, -0.1) is 0 Å². The summed E-state index contributed by atoms with van der Waals surface area (Å²) in [6.07, 6.45) is 2.90. The minimum atomic E-state index is -0.425. The summed E-state index contributed by atoms with van der Waals surface area (Å²) in [6, 6.07) is 6.09. The van der Waals surface area contributed by atoms with Crippen LogP contribution in [0.25, 0.3) is 5.69 Å². The molecule has 1 aliphatic heterocycles. The predicted molar refractivity (Wildman–Crippen MR) is 87.1 cm³/mol. The number of amides is 1. The van der Waals surface area contributed by atoms with Crippen molar-refractivity contribution in [3.8, 4) is 5.69 Å². The molecule has 7 heteroatoms. The summed E-state index contributed by atoms with van der Waals surface area (Å²) < 4.78 is 20.3. The summed E-state index contributed by atoms with van der Waals surface area (Å²) >= 11 is 0. The van der Waals surface area contributed by atoms with E-state index in [9.17, 15) is 9.18 Å². The lowest BCUT2D eigenvalue weighted by Crippen LogP contribution is -2.35. The molecule has 1 aromatic heterocycles. The summed E-state index contributed by atoms with van der Waals surface area (Å²) in [5.41, 5.74) is 8.04. The Hall–Kier alpha value is -2.25. The second kappa shape index (κ2) is 7.11. The fraction of sp³-hybridized carbons (Fsp3) is 0.412.